The predicted molar refractivity (Wildman–Crippen MR) is 119 cm³/mol. The monoisotopic (exact) mass is 486 g/mol. The van der Waals surface area contributed by atoms with E-state index < -0.39 is 35.1 Å². The molecule has 3 aliphatic heterocycles. The standard InChI is InChI=1S/C23H24F2N6O4/c1-10-18(20(32)22(34)28-23(8-35-9-23)17-7-26-30-29-17)16-5-11-4-15(11)31(16)19(10)21(33)27-12-2-3-13(24)14(25)6-12/h2-3,6-7,11,15,22,26,28-30,34H,4-5,8-9H2,1H3,(H,27,33)/t11-,15-,22?/m1/s1. The molecule has 1 aliphatic carbocycles. The van der Waals surface area contributed by atoms with Crippen LogP contribution in [0.1, 0.15) is 44.6 Å². The lowest BCUT2D eigenvalue weighted by atomic mass is 9.92. The summed E-state index contributed by atoms with van der Waals surface area (Å²) in [5.74, 6) is -2.80. The molecule has 1 saturated carbocycles. The predicted octanol–water partition coefficient (Wildman–Crippen LogP) is 0.758. The van der Waals surface area contributed by atoms with E-state index in [4.69, 9.17) is 4.74 Å². The third-order valence-electron chi connectivity index (χ3n) is 7.22. The van der Waals surface area contributed by atoms with Crippen LogP contribution in [0.15, 0.2) is 30.1 Å². The van der Waals surface area contributed by atoms with E-state index in [-0.39, 0.29) is 24.9 Å². The van der Waals surface area contributed by atoms with Gasteiger partial charge in [0.05, 0.1) is 18.9 Å². The number of fused-ring (bicyclic) bond motifs is 3. The van der Waals surface area contributed by atoms with Crippen LogP contribution in [0.25, 0.3) is 0 Å². The molecule has 4 aliphatic rings. The number of amides is 1. The largest absolute Gasteiger partial charge is 0.377 e. The quantitative estimate of drug-likeness (QED) is 0.250. The summed E-state index contributed by atoms with van der Waals surface area (Å²) in [4.78, 5) is 26.7. The zero-order valence-electron chi connectivity index (χ0n) is 18.7. The fourth-order valence-corrected chi connectivity index (χ4v) is 5.32. The molecule has 6 N–H and O–H groups in total. The molecule has 10 nitrogen and oxygen atoms in total. The van der Waals surface area contributed by atoms with Gasteiger partial charge in [0.2, 0.25) is 5.78 Å². The van der Waals surface area contributed by atoms with Gasteiger partial charge in [-0.25, -0.2) is 8.78 Å². The molecule has 2 aromatic rings. The lowest BCUT2D eigenvalue weighted by molar-refractivity contribution is -0.0756. The number of Topliss-reactive ketones (excluding diaryl/α,β-unsaturated/α-hetero) is 1. The van der Waals surface area contributed by atoms with E-state index in [1.54, 1.807) is 13.1 Å². The number of hydrogen-bond acceptors (Lipinski definition) is 8. The lowest BCUT2D eigenvalue weighted by Gasteiger charge is -2.43. The number of rotatable bonds is 7. The number of nitrogens with zero attached hydrogens (tertiary/aromatic N) is 1. The molecule has 0 radical (unpaired) electrons. The second-order valence-electron chi connectivity index (χ2n) is 9.45. The fraction of sp³-hybridized carbons (Fsp3) is 0.391. The summed E-state index contributed by atoms with van der Waals surface area (Å²) in [7, 11) is 0. The van der Waals surface area contributed by atoms with E-state index in [1.807, 2.05) is 4.57 Å². The van der Waals surface area contributed by atoms with Crippen LogP contribution in [0.2, 0.25) is 0 Å². The number of halogens is 2. The van der Waals surface area contributed by atoms with Crippen LogP contribution in [0.3, 0.4) is 0 Å². The number of nitrogens with one attached hydrogen (secondary N) is 5. The highest BCUT2D eigenvalue weighted by Crippen LogP contribution is 2.54. The van der Waals surface area contributed by atoms with Gasteiger partial charge >= 0.3 is 0 Å². The van der Waals surface area contributed by atoms with Crippen molar-refractivity contribution in [2.75, 3.05) is 18.5 Å². The molecule has 1 amide bonds. The number of benzene rings is 1. The SMILES string of the molecule is Cc1c(C(=O)C(O)NC2(C3=CNNN3)COC2)c2n(c1C(=O)Nc1ccc(F)c(F)c1)[C@@H]1C[C@@H]1C2. The molecule has 1 aromatic heterocycles. The van der Waals surface area contributed by atoms with E-state index in [2.05, 4.69) is 27.0 Å². The van der Waals surface area contributed by atoms with Gasteiger partial charge in [-0.2, -0.15) is 5.53 Å². The number of hydrogen-bond donors (Lipinski definition) is 6. The van der Waals surface area contributed by atoms with Crippen LogP contribution >= 0.6 is 0 Å². The summed E-state index contributed by atoms with van der Waals surface area (Å²) < 4.78 is 34.1. The number of ether oxygens (including phenoxy) is 1. The van der Waals surface area contributed by atoms with Crippen LogP contribution in [-0.4, -0.2) is 46.3 Å². The minimum Gasteiger partial charge on any atom is -0.377 e. The molecular weight excluding hydrogens is 462 g/mol. The first-order chi connectivity index (χ1) is 16.8. The summed E-state index contributed by atoms with van der Waals surface area (Å²) in [6.45, 7) is 2.19. The van der Waals surface area contributed by atoms with E-state index in [1.165, 1.54) is 6.07 Å². The van der Waals surface area contributed by atoms with E-state index in [9.17, 15) is 23.5 Å². The van der Waals surface area contributed by atoms with Gasteiger partial charge in [-0.3, -0.25) is 14.9 Å². The Labute approximate surface area is 198 Å². The van der Waals surface area contributed by atoms with Crippen molar-refractivity contribution >= 4 is 17.4 Å². The number of aliphatic hydroxyl groups excluding tert-OH is 1. The van der Waals surface area contributed by atoms with Crippen molar-refractivity contribution in [1.82, 2.24) is 26.3 Å². The average molecular weight is 486 g/mol. The van der Waals surface area contributed by atoms with E-state index in [0.29, 0.717) is 40.6 Å². The van der Waals surface area contributed by atoms with Crippen LogP contribution in [0.4, 0.5) is 14.5 Å². The first-order valence-corrected chi connectivity index (χ1v) is 11.3. The first kappa shape index (κ1) is 22.2. The number of hydrazine groups is 2. The van der Waals surface area contributed by atoms with E-state index in [0.717, 1.165) is 18.6 Å². The maximum absolute atomic E-state index is 13.6. The lowest BCUT2D eigenvalue weighted by Crippen LogP contribution is -2.67. The van der Waals surface area contributed by atoms with Gasteiger partial charge in [-0.15, -0.1) is 0 Å². The number of aromatic nitrogens is 1. The Morgan fingerprint density at radius 1 is 1.29 bits per heavy atom. The maximum atomic E-state index is 13.6. The summed E-state index contributed by atoms with van der Waals surface area (Å²) in [6.07, 6.45) is 1.68. The van der Waals surface area contributed by atoms with Crippen LogP contribution in [-0.2, 0) is 11.2 Å². The van der Waals surface area contributed by atoms with Gasteiger partial charge in [0.25, 0.3) is 5.91 Å². The highest BCUT2D eigenvalue weighted by Gasteiger charge is 2.51. The van der Waals surface area contributed by atoms with Crippen molar-refractivity contribution in [3.8, 4) is 0 Å². The molecule has 35 heavy (non-hydrogen) atoms. The molecule has 2 fully saturated rings. The highest BCUT2D eigenvalue weighted by molar-refractivity contribution is 6.09. The van der Waals surface area contributed by atoms with Crippen LogP contribution < -0.4 is 27.0 Å². The molecule has 184 valence electrons. The molecule has 0 bridgehead atoms. The van der Waals surface area contributed by atoms with Gasteiger partial charge in [0.15, 0.2) is 17.9 Å². The number of carbonyl (C=O) groups is 2. The van der Waals surface area contributed by atoms with Gasteiger partial charge < -0.3 is 30.6 Å². The van der Waals surface area contributed by atoms with Crippen molar-refractivity contribution in [3.63, 3.8) is 0 Å². The van der Waals surface area contributed by atoms with Gasteiger partial charge in [-0.1, -0.05) is 0 Å². The number of carbonyl (C=O) groups excluding carboxylic acids is 2. The normalized spacial score (nSPS) is 23.8. The molecule has 12 heteroatoms. The number of ketones is 1. The summed E-state index contributed by atoms with van der Waals surface area (Å²) in [5.41, 5.74) is 10.2. The Balaban J connectivity index is 1.30. The minimum atomic E-state index is -1.54. The molecule has 1 aromatic carbocycles. The average Bonchev–Trinajstić information content (AvgIpc) is 3.12. The van der Waals surface area contributed by atoms with Crippen molar-refractivity contribution in [3.05, 3.63) is 64.2 Å². The molecule has 3 atom stereocenters. The first-order valence-electron chi connectivity index (χ1n) is 11.3. The maximum Gasteiger partial charge on any atom is 0.272 e. The molecule has 4 heterocycles. The van der Waals surface area contributed by atoms with Crippen LogP contribution in [0, 0.1) is 24.5 Å². The second kappa shape index (κ2) is 7.85. The summed E-state index contributed by atoms with van der Waals surface area (Å²) in [6, 6.07) is 3.23. The van der Waals surface area contributed by atoms with Gasteiger partial charge in [0, 0.05) is 35.3 Å². The Bertz CT molecular complexity index is 1290. The number of aliphatic hydroxyl groups is 1. The summed E-state index contributed by atoms with van der Waals surface area (Å²) >= 11 is 0. The van der Waals surface area contributed by atoms with E-state index >= 15 is 0 Å². The molecular formula is C23H24F2N6O4. The Kier molecular flexibility index (Phi) is 4.97. The molecule has 1 saturated heterocycles. The topological polar surface area (TPSA) is 129 Å². The van der Waals surface area contributed by atoms with Crippen molar-refractivity contribution in [2.45, 2.75) is 37.6 Å². The van der Waals surface area contributed by atoms with Crippen molar-refractivity contribution in [2.24, 2.45) is 5.92 Å². The zero-order chi connectivity index (χ0) is 24.5. The minimum absolute atomic E-state index is 0.107. The van der Waals surface area contributed by atoms with Gasteiger partial charge in [0.1, 0.15) is 11.2 Å². The molecule has 6 rings (SSSR count). The highest BCUT2D eigenvalue weighted by atomic mass is 19.2. The Hall–Kier alpha value is -3.32. The Morgan fingerprint density at radius 3 is 2.74 bits per heavy atom. The third kappa shape index (κ3) is 3.44. The van der Waals surface area contributed by atoms with Crippen molar-refractivity contribution in [1.29, 1.82) is 0 Å². The van der Waals surface area contributed by atoms with Crippen molar-refractivity contribution < 1.29 is 28.2 Å². The van der Waals surface area contributed by atoms with Gasteiger partial charge in [-0.05, 0) is 43.4 Å². The smallest absolute Gasteiger partial charge is 0.272 e. The third-order valence-corrected chi connectivity index (χ3v) is 7.22. The molecule has 1 unspecified atom stereocenters. The zero-order valence-corrected chi connectivity index (χ0v) is 18.7. The number of anilines is 1. The summed E-state index contributed by atoms with van der Waals surface area (Å²) in [5, 5.41) is 16.5. The van der Waals surface area contributed by atoms with Crippen LogP contribution in [0.5, 0.6) is 0 Å². The molecule has 0 spiro atoms. The fourth-order valence-electron chi connectivity index (χ4n) is 5.32. The second-order valence-corrected chi connectivity index (χ2v) is 9.45. The Morgan fingerprint density at radius 2 is 2.09 bits per heavy atom.